The predicted octanol–water partition coefficient (Wildman–Crippen LogP) is 5.29. The van der Waals surface area contributed by atoms with Crippen molar-refractivity contribution in [1.82, 2.24) is 0 Å². The van der Waals surface area contributed by atoms with Crippen LogP contribution in [0, 0.1) is 23.6 Å². The Morgan fingerprint density at radius 2 is 1.94 bits per heavy atom. The van der Waals surface area contributed by atoms with Crippen molar-refractivity contribution in [3.8, 4) is 17.2 Å². The van der Waals surface area contributed by atoms with Gasteiger partial charge in [0.25, 0.3) is 0 Å². The van der Waals surface area contributed by atoms with E-state index in [4.69, 9.17) is 14.2 Å². The highest BCUT2D eigenvalue weighted by Crippen LogP contribution is 2.47. The van der Waals surface area contributed by atoms with E-state index >= 15 is 0 Å². The lowest BCUT2D eigenvalue weighted by Crippen LogP contribution is -2.37. The van der Waals surface area contributed by atoms with Crippen LogP contribution in [0.1, 0.15) is 44.1 Å². The summed E-state index contributed by atoms with van der Waals surface area (Å²) in [6.45, 7) is 2.35. The summed E-state index contributed by atoms with van der Waals surface area (Å²) in [6.07, 6.45) is 3.75. The molecule has 0 aliphatic heterocycles. The largest absolute Gasteiger partial charge is 0.497 e. The molecule has 2 atom stereocenters. The van der Waals surface area contributed by atoms with Gasteiger partial charge in [0.15, 0.2) is 11.6 Å². The molecule has 2 fully saturated rings. The SMILES string of the molecule is COc1ccc(F)c(OC2CC(COc3cccc(C(C4CC4)[C@H](C)C(=O)O)c3)C2)c1. The third-order valence-electron chi connectivity index (χ3n) is 6.41. The van der Waals surface area contributed by atoms with E-state index in [9.17, 15) is 14.3 Å². The highest BCUT2D eigenvalue weighted by atomic mass is 19.1. The van der Waals surface area contributed by atoms with Crippen LogP contribution in [0.5, 0.6) is 17.2 Å². The average Bonchev–Trinajstić information content (AvgIpc) is 3.56. The smallest absolute Gasteiger partial charge is 0.306 e. The molecule has 0 saturated heterocycles. The van der Waals surface area contributed by atoms with Gasteiger partial charge in [-0.1, -0.05) is 19.1 Å². The van der Waals surface area contributed by atoms with Crippen molar-refractivity contribution in [2.75, 3.05) is 13.7 Å². The van der Waals surface area contributed by atoms with Gasteiger partial charge in [-0.15, -0.1) is 0 Å². The summed E-state index contributed by atoms with van der Waals surface area (Å²) in [5.41, 5.74) is 1.04. The van der Waals surface area contributed by atoms with Gasteiger partial charge in [0, 0.05) is 6.07 Å². The molecule has 0 spiro atoms. The number of carboxylic acid groups (broad SMARTS) is 1. The van der Waals surface area contributed by atoms with Crippen LogP contribution >= 0.6 is 0 Å². The van der Waals surface area contributed by atoms with Gasteiger partial charge >= 0.3 is 5.97 Å². The van der Waals surface area contributed by atoms with Crippen molar-refractivity contribution in [3.05, 3.63) is 53.8 Å². The fraction of sp³-hybridized carbons (Fsp3) is 0.480. The number of rotatable bonds is 10. The van der Waals surface area contributed by atoms with Gasteiger partial charge < -0.3 is 19.3 Å². The number of carbonyl (C=O) groups is 1. The van der Waals surface area contributed by atoms with Gasteiger partial charge in [0.05, 0.1) is 25.7 Å². The molecule has 166 valence electrons. The molecule has 2 aromatic rings. The zero-order valence-electron chi connectivity index (χ0n) is 17.9. The van der Waals surface area contributed by atoms with Crippen molar-refractivity contribution in [2.24, 2.45) is 17.8 Å². The Labute approximate surface area is 182 Å². The molecule has 0 heterocycles. The summed E-state index contributed by atoms with van der Waals surface area (Å²) in [4.78, 5) is 11.5. The van der Waals surface area contributed by atoms with E-state index < -0.39 is 17.7 Å². The van der Waals surface area contributed by atoms with Crippen LogP contribution in [0.15, 0.2) is 42.5 Å². The standard InChI is InChI=1S/C25H29FO5/c1-15(25(27)28)24(17-6-7-17)18-4-3-5-20(12-18)30-14-16-10-21(11-16)31-23-13-19(29-2)8-9-22(23)26/h3-5,8-9,12-13,15-17,21,24H,6-7,10-11,14H2,1-2H3,(H,27,28)/t15-,16?,21?,24?/m0/s1. The van der Waals surface area contributed by atoms with Gasteiger partial charge in [0.1, 0.15) is 11.5 Å². The lowest BCUT2D eigenvalue weighted by atomic mass is 9.82. The van der Waals surface area contributed by atoms with E-state index in [-0.39, 0.29) is 17.8 Å². The summed E-state index contributed by atoms with van der Waals surface area (Å²) < 4.78 is 30.8. The van der Waals surface area contributed by atoms with E-state index in [0.717, 1.165) is 37.0 Å². The Balaban J connectivity index is 1.29. The summed E-state index contributed by atoms with van der Waals surface area (Å²) in [6, 6.07) is 12.3. The molecule has 0 aromatic heterocycles. The van der Waals surface area contributed by atoms with Crippen LogP contribution in [0.25, 0.3) is 0 Å². The van der Waals surface area contributed by atoms with Crippen LogP contribution < -0.4 is 14.2 Å². The zero-order valence-corrected chi connectivity index (χ0v) is 17.9. The molecule has 0 radical (unpaired) electrons. The summed E-state index contributed by atoms with van der Waals surface area (Å²) in [5.74, 6) is 0.817. The van der Waals surface area contributed by atoms with Gasteiger partial charge in [-0.05, 0) is 73.3 Å². The number of hydrogen-bond donors (Lipinski definition) is 1. The Hall–Kier alpha value is -2.76. The normalized spacial score (nSPS) is 22.2. The van der Waals surface area contributed by atoms with Gasteiger partial charge in [-0.2, -0.15) is 0 Å². The number of carboxylic acids is 1. The second-order valence-corrected chi connectivity index (χ2v) is 8.75. The molecule has 1 unspecified atom stereocenters. The van der Waals surface area contributed by atoms with E-state index in [1.165, 1.54) is 13.2 Å². The van der Waals surface area contributed by atoms with Crippen molar-refractivity contribution in [3.63, 3.8) is 0 Å². The lowest BCUT2D eigenvalue weighted by molar-refractivity contribution is -0.142. The highest BCUT2D eigenvalue weighted by molar-refractivity contribution is 5.71. The lowest BCUT2D eigenvalue weighted by Gasteiger charge is -2.35. The second kappa shape index (κ2) is 9.16. The molecule has 2 aliphatic carbocycles. The van der Waals surface area contributed by atoms with Crippen LogP contribution in [0.4, 0.5) is 4.39 Å². The van der Waals surface area contributed by atoms with Gasteiger partial charge in [0.2, 0.25) is 0 Å². The number of benzene rings is 2. The Bertz CT molecular complexity index is 920. The number of ether oxygens (including phenoxy) is 3. The van der Waals surface area contributed by atoms with Gasteiger partial charge in [-0.25, -0.2) is 4.39 Å². The molecule has 6 heteroatoms. The maximum absolute atomic E-state index is 13.9. The second-order valence-electron chi connectivity index (χ2n) is 8.75. The van der Waals surface area contributed by atoms with Crippen LogP contribution in [0.3, 0.4) is 0 Å². The maximum atomic E-state index is 13.9. The fourth-order valence-electron chi connectivity index (χ4n) is 4.39. The number of methoxy groups -OCH3 is 1. The molecular weight excluding hydrogens is 399 g/mol. The first-order chi connectivity index (χ1) is 14.9. The minimum absolute atomic E-state index is 0.0280. The maximum Gasteiger partial charge on any atom is 0.306 e. The molecule has 2 aliphatic rings. The molecule has 1 N–H and O–H groups in total. The van der Waals surface area contributed by atoms with E-state index in [2.05, 4.69) is 0 Å². The topological polar surface area (TPSA) is 65.0 Å². The van der Waals surface area contributed by atoms with Crippen molar-refractivity contribution in [2.45, 2.75) is 44.6 Å². The van der Waals surface area contributed by atoms with Crippen molar-refractivity contribution < 1.29 is 28.5 Å². The Morgan fingerprint density at radius 3 is 2.61 bits per heavy atom. The number of halogens is 1. The van der Waals surface area contributed by atoms with Crippen LogP contribution in [-0.2, 0) is 4.79 Å². The fourth-order valence-corrected chi connectivity index (χ4v) is 4.39. The molecule has 2 aromatic carbocycles. The van der Waals surface area contributed by atoms with E-state index in [1.54, 1.807) is 19.1 Å². The monoisotopic (exact) mass is 428 g/mol. The molecule has 31 heavy (non-hydrogen) atoms. The molecule has 0 bridgehead atoms. The molecule has 0 amide bonds. The van der Waals surface area contributed by atoms with Crippen LogP contribution in [0.2, 0.25) is 0 Å². The molecule has 4 rings (SSSR count). The van der Waals surface area contributed by atoms with Crippen molar-refractivity contribution in [1.29, 1.82) is 0 Å². The average molecular weight is 429 g/mol. The number of hydrogen-bond acceptors (Lipinski definition) is 4. The summed E-state index contributed by atoms with van der Waals surface area (Å²) in [7, 11) is 1.54. The summed E-state index contributed by atoms with van der Waals surface area (Å²) >= 11 is 0. The minimum atomic E-state index is -0.754. The number of aliphatic carboxylic acids is 1. The van der Waals surface area contributed by atoms with Crippen molar-refractivity contribution >= 4 is 5.97 Å². The predicted molar refractivity (Wildman–Crippen MR) is 114 cm³/mol. The Kier molecular flexibility index (Phi) is 6.35. The Morgan fingerprint density at radius 1 is 1.16 bits per heavy atom. The van der Waals surface area contributed by atoms with E-state index in [1.807, 2.05) is 24.3 Å². The first-order valence-corrected chi connectivity index (χ1v) is 10.9. The molecule has 5 nitrogen and oxygen atoms in total. The highest BCUT2D eigenvalue weighted by Gasteiger charge is 2.38. The minimum Gasteiger partial charge on any atom is -0.497 e. The summed E-state index contributed by atoms with van der Waals surface area (Å²) in [5, 5.41) is 9.48. The molecule has 2 saturated carbocycles. The zero-order chi connectivity index (χ0) is 22.0. The quantitative estimate of drug-likeness (QED) is 0.557. The van der Waals surface area contributed by atoms with E-state index in [0.29, 0.717) is 24.2 Å². The third kappa shape index (κ3) is 5.12. The van der Waals surface area contributed by atoms with Crippen LogP contribution in [-0.4, -0.2) is 30.9 Å². The van der Waals surface area contributed by atoms with Gasteiger partial charge in [-0.3, -0.25) is 4.79 Å². The first kappa shape index (κ1) is 21.5. The molecular formula is C25H29FO5. The third-order valence-corrected chi connectivity index (χ3v) is 6.41. The first-order valence-electron chi connectivity index (χ1n) is 10.9.